The highest BCUT2D eigenvalue weighted by Gasteiger charge is 2.31. The average molecular weight is 347 g/mol. The van der Waals surface area contributed by atoms with Gasteiger partial charge in [-0.1, -0.05) is 16.8 Å². The van der Waals surface area contributed by atoms with Crippen molar-refractivity contribution >= 4 is 40.2 Å². The molecule has 3 heterocycles. The molecule has 1 fully saturated rings. The molecule has 1 aliphatic carbocycles. The summed E-state index contributed by atoms with van der Waals surface area (Å²) in [6.07, 6.45) is 5.57. The van der Waals surface area contributed by atoms with Crippen molar-refractivity contribution in [1.82, 2.24) is 14.8 Å². The van der Waals surface area contributed by atoms with E-state index in [9.17, 15) is 0 Å². The molecule has 0 unspecified atom stereocenters. The molecule has 0 bridgehead atoms. The summed E-state index contributed by atoms with van der Waals surface area (Å²) in [5, 5.41) is 17.8. The van der Waals surface area contributed by atoms with Crippen molar-refractivity contribution in [2.45, 2.75) is 32.2 Å². The molecule has 3 aromatic rings. The Balaban J connectivity index is 2.10. The third-order valence-electron chi connectivity index (χ3n) is 4.12. The standard InChI is InChI=1S/C16H15ClN4OS/c1-2-21-16-11(7-18-21)14(12-5-6-13(17)23-12)10(8-19-22)15(20-16)9-3-4-9/h5-9,22H,2-4H2,1H3/b19-8+. The van der Waals surface area contributed by atoms with Crippen LogP contribution in [-0.4, -0.2) is 26.2 Å². The molecule has 0 aromatic carbocycles. The lowest BCUT2D eigenvalue weighted by Gasteiger charge is -2.11. The van der Waals surface area contributed by atoms with Gasteiger partial charge in [-0.3, -0.25) is 0 Å². The highest BCUT2D eigenvalue weighted by atomic mass is 35.5. The lowest BCUT2D eigenvalue weighted by Crippen LogP contribution is -2.03. The van der Waals surface area contributed by atoms with Gasteiger partial charge in [-0.15, -0.1) is 11.3 Å². The van der Waals surface area contributed by atoms with Crippen LogP contribution in [0.2, 0.25) is 4.34 Å². The molecular weight excluding hydrogens is 332 g/mol. The van der Waals surface area contributed by atoms with Crippen molar-refractivity contribution in [3.8, 4) is 10.4 Å². The highest BCUT2D eigenvalue weighted by molar-refractivity contribution is 7.19. The van der Waals surface area contributed by atoms with Gasteiger partial charge >= 0.3 is 0 Å². The number of nitrogens with zero attached hydrogens (tertiary/aromatic N) is 4. The summed E-state index contributed by atoms with van der Waals surface area (Å²) in [6, 6.07) is 3.88. The lowest BCUT2D eigenvalue weighted by molar-refractivity contribution is 0.322. The van der Waals surface area contributed by atoms with Crippen LogP contribution in [0.1, 0.15) is 36.9 Å². The molecule has 118 valence electrons. The van der Waals surface area contributed by atoms with Crippen molar-refractivity contribution in [1.29, 1.82) is 0 Å². The van der Waals surface area contributed by atoms with Gasteiger partial charge in [0.1, 0.15) is 0 Å². The summed E-state index contributed by atoms with van der Waals surface area (Å²) >= 11 is 7.65. The van der Waals surface area contributed by atoms with Crippen molar-refractivity contribution in [3.63, 3.8) is 0 Å². The Morgan fingerprint density at radius 1 is 1.48 bits per heavy atom. The summed E-state index contributed by atoms with van der Waals surface area (Å²) in [5.74, 6) is 0.432. The molecule has 0 spiro atoms. The van der Waals surface area contributed by atoms with E-state index in [-0.39, 0.29) is 0 Å². The fourth-order valence-corrected chi connectivity index (χ4v) is 4.04. The normalized spacial score (nSPS) is 15.0. The fourth-order valence-electron chi connectivity index (χ4n) is 2.92. The number of fused-ring (bicyclic) bond motifs is 1. The number of pyridine rings is 1. The molecule has 5 nitrogen and oxygen atoms in total. The van der Waals surface area contributed by atoms with Crippen LogP contribution in [0, 0.1) is 0 Å². The first-order chi connectivity index (χ1) is 11.2. The maximum atomic E-state index is 9.14. The maximum Gasteiger partial charge on any atom is 0.158 e. The zero-order valence-electron chi connectivity index (χ0n) is 12.5. The lowest BCUT2D eigenvalue weighted by atomic mass is 10.00. The summed E-state index contributed by atoms with van der Waals surface area (Å²) in [5.41, 5.74) is 3.75. The van der Waals surface area contributed by atoms with Crippen LogP contribution >= 0.6 is 22.9 Å². The molecule has 23 heavy (non-hydrogen) atoms. The first-order valence-electron chi connectivity index (χ1n) is 7.55. The van der Waals surface area contributed by atoms with Gasteiger partial charge in [0.2, 0.25) is 0 Å². The second-order valence-corrected chi connectivity index (χ2v) is 7.32. The van der Waals surface area contributed by atoms with E-state index in [1.165, 1.54) is 17.6 Å². The predicted molar refractivity (Wildman–Crippen MR) is 92.9 cm³/mol. The van der Waals surface area contributed by atoms with Gasteiger partial charge in [0.25, 0.3) is 0 Å². The Hall–Kier alpha value is -1.92. The molecule has 1 aliphatic rings. The molecule has 0 saturated heterocycles. The first kappa shape index (κ1) is 14.7. The number of oxime groups is 1. The number of rotatable bonds is 4. The monoisotopic (exact) mass is 346 g/mol. The van der Waals surface area contributed by atoms with Gasteiger partial charge in [-0.05, 0) is 31.9 Å². The number of aromatic nitrogens is 3. The smallest absolute Gasteiger partial charge is 0.158 e. The number of hydrogen-bond donors (Lipinski definition) is 1. The van der Waals surface area contributed by atoms with Crippen LogP contribution in [0.4, 0.5) is 0 Å². The molecule has 1 N–H and O–H groups in total. The van der Waals surface area contributed by atoms with Crippen molar-refractivity contribution in [2.75, 3.05) is 0 Å². The number of hydrogen-bond acceptors (Lipinski definition) is 5. The molecule has 7 heteroatoms. The molecular formula is C16H15ClN4OS. The highest BCUT2D eigenvalue weighted by Crippen LogP contribution is 2.45. The number of halogens is 1. The molecule has 0 atom stereocenters. The summed E-state index contributed by atoms with van der Waals surface area (Å²) < 4.78 is 2.63. The Labute approximate surface area is 142 Å². The zero-order valence-corrected chi connectivity index (χ0v) is 14.1. The van der Waals surface area contributed by atoms with Crippen LogP contribution in [0.25, 0.3) is 21.5 Å². The van der Waals surface area contributed by atoms with Crippen LogP contribution in [0.3, 0.4) is 0 Å². The minimum absolute atomic E-state index is 0.432. The molecule has 3 aromatic heterocycles. The van der Waals surface area contributed by atoms with Crippen LogP contribution < -0.4 is 0 Å². The molecule has 0 aliphatic heterocycles. The molecule has 0 amide bonds. The minimum atomic E-state index is 0.432. The second-order valence-electron chi connectivity index (χ2n) is 5.61. The minimum Gasteiger partial charge on any atom is -0.411 e. The van der Waals surface area contributed by atoms with Crippen molar-refractivity contribution in [2.24, 2.45) is 5.16 Å². The third kappa shape index (κ3) is 2.42. The first-order valence-corrected chi connectivity index (χ1v) is 8.75. The second kappa shape index (κ2) is 5.62. The van der Waals surface area contributed by atoms with Crippen LogP contribution in [0.15, 0.2) is 23.5 Å². The SMILES string of the molecule is CCn1ncc2c(-c3ccc(Cl)s3)c(/C=N/O)c(C3CC3)nc21. The topological polar surface area (TPSA) is 63.3 Å². The summed E-state index contributed by atoms with van der Waals surface area (Å²) in [6.45, 7) is 2.81. The van der Waals surface area contributed by atoms with Crippen molar-refractivity contribution in [3.05, 3.63) is 33.9 Å². The quantitative estimate of drug-likeness (QED) is 0.429. The van der Waals surface area contributed by atoms with Gasteiger partial charge in [-0.2, -0.15) is 5.10 Å². The summed E-state index contributed by atoms with van der Waals surface area (Å²) in [7, 11) is 0. The van der Waals surface area contributed by atoms with E-state index in [0.29, 0.717) is 5.92 Å². The van der Waals surface area contributed by atoms with E-state index in [4.69, 9.17) is 21.8 Å². The average Bonchev–Trinajstić information content (AvgIpc) is 3.18. The van der Waals surface area contributed by atoms with Gasteiger partial charge in [0.05, 0.1) is 22.4 Å². The van der Waals surface area contributed by atoms with E-state index in [2.05, 4.69) is 17.2 Å². The van der Waals surface area contributed by atoms with Gasteiger partial charge in [0.15, 0.2) is 5.65 Å². The maximum absolute atomic E-state index is 9.14. The van der Waals surface area contributed by atoms with E-state index in [1.54, 1.807) is 0 Å². The van der Waals surface area contributed by atoms with E-state index in [1.807, 2.05) is 23.0 Å². The summed E-state index contributed by atoms with van der Waals surface area (Å²) in [4.78, 5) is 5.89. The third-order valence-corrected chi connectivity index (χ3v) is 5.37. The van der Waals surface area contributed by atoms with E-state index >= 15 is 0 Å². The Morgan fingerprint density at radius 2 is 2.30 bits per heavy atom. The fraction of sp³-hybridized carbons (Fsp3) is 0.312. The van der Waals surface area contributed by atoms with Gasteiger partial charge in [-0.25, -0.2) is 9.67 Å². The van der Waals surface area contributed by atoms with Crippen LogP contribution in [-0.2, 0) is 6.54 Å². The van der Waals surface area contributed by atoms with E-state index in [0.717, 1.165) is 56.5 Å². The number of thiophene rings is 1. The van der Waals surface area contributed by atoms with E-state index < -0.39 is 0 Å². The Kier molecular flexibility index (Phi) is 3.58. The Morgan fingerprint density at radius 3 is 2.91 bits per heavy atom. The zero-order chi connectivity index (χ0) is 16.0. The molecule has 1 saturated carbocycles. The van der Waals surface area contributed by atoms with Crippen molar-refractivity contribution < 1.29 is 5.21 Å². The molecule has 4 rings (SSSR count). The Bertz CT molecular complexity index is 910. The van der Waals surface area contributed by atoms with Gasteiger partial charge in [0, 0.05) is 33.9 Å². The predicted octanol–water partition coefficient (Wildman–Crippen LogP) is 4.52. The number of aryl methyl sites for hydroxylation is 1. The van der Waals surface area contributed by atoms with Gasteiger partial charge < -0.3 is 5.21 Å². The van der Waals surface area contributed by atoms with Crippen LogP contribution in [0.5, 0.6) is 0 Å². The largest absolute Gasteiger partial charge is 0.411 e. The molecule has 0 radical (unpaired) electrons.